The van der Waals surface area contributed by atoms with Crippen LogP contribution in [-0.2, 0) is 0 Å². The molecule has 1 unspecified atom stereocenters. The highest BCUT2D eigenvalue weighted by Crippen LogP contribution is 2.35. The summed E-state index contributed by atoms with van der Waals surface area (Å²) in [6, 6.07) is 8.44. The Labute approximate surface area is 207 Å². The van der Waals surface area contributed by atoms with Gasteiger partial charge in [-0.2, -0.15) is 0 Å². The molecule has 0 radical (unpaired) electrons. The van der Waals surface area contributed by atoms with Gasteiger partial charge in [-0.3, -0.25) is 9.88 Å². The highest BCUT2D eigenvalue weighted by molar-refractivity contribution is 5.83. The maximum atomic E-state index is 15.3. The Morgan fingerprint density at radius 3 is 2.78 bits per heavy atom. The van der Waals surface area contributed by atoms with Crippen molar-refractivity contribution in [2.24, 2.45) is 11.8 Å². The zero-order valence-corrected chi connectivity index (χ0v) is 20.0. The summed E-state index contributed by atoms with van der Waals surface area (Å²) in [5.74, 6) is 2.68. The molecule has 0 bridgehead atoms. The van der Waals surface area contributed by atoms with Gasteiger partial charge in [0.1, 0.15) is 17.7 Å². The predicted molar refractivity (Wildman–Crippen MR) is 130 cm³/mol. The lowest BCUT2D eigenvalue weighted by atomic mass is 9.81. The van der Waals surface area contributed by atoms with E-state index < -0.39 is 23.6 Å². The number of halogens is 4. The molecule has 3 aromatic rings. The Morgan fingerprint density at radius 1 is 1.17 bits per heavy atom. The Kier molecular flexibility index (Phi) is 8.44. The van der Waals surface area contributed by atoms with Gasteiger partial charge in [-0.1, -0.05) is 11.8 Å². The van der Waals surface area contributed by atoms with Crippen LogP contribution >= 0.6 is 0 Å². The fourth-order valence-corrected chi connectivity index (χ4v) is 4.84. The topological polar surface area (TPSA) is 45.6 Å². The number of aliphatic hydroxyl groups is 1. The number of methoxy groups -OCH3 is 1. The van der Waals surface area contributed by atoms with Crippen LogP contribution in [0.4, 0.5) is 17.6 Å². The number of ether oxygens (including phenoxy) is 1. The van der Waals surface area contributed by atoms with E-state index >= 15 is 4.39 Å². The lowest BCUT2D eigenvalue weighted by Gasteiger charge is -2.37. The number of nitrogens with zero attached hydrogens (tertiary/aromatic N) is 2. The van der Waals surface area contributed by atoms with Crippen LogP contribution in [-0.4, -0.2) is 48.3 Å². The minimum Gasteiger partial charge on any atom is -0.497 e. The van der Waals surface area contributed by atoms with Crippen LogP contribution in [0.25, 0.3) is 10.9 Å². The van der Waals surface area contributed by atoms with Crippen LogP contribution < -0.4 is 4.74 Å². The molecule has 2 heterocycles. The average Bonchev–Trinajstić information content (AvgIpc) is 2.89. The smallest absolute Gasteiger partial charge is 0.174 e. The lowest BCUT2D eigenvalue weighted by molar-refractivity contribution is 0.0708. The molecule has 0 amide bonds. The number of likely N-dealkylation sites (tertiary alicyclic amines) is 1. The normalized spacial score (nSPS) is 19.1. The van der Waals surface area contributed by atoms with Crippen LogP contribution in [0.1, 0.15) is 36.6 Å². The van der Waals surface area contributed by atoms with Gasteiger partial charge in [-0.05, 0) is 73.5 Å². The largest absolute Gasteiger partial charge is 0.497 e. The summed E-state index contributed by atoms with van der Waals surface area (Å²) in [5.41, 5.74) is 0.962. The number of benzene rings is 2. The van der Waals surface area contributed by atoms with Gasteiger partial charge in [-0.25, -0.2) is 17.6 Å². The minimum absolute atomic E-state index is 0.0370. The monoisotopic (exact) mass is 500 g/mol. The van der Waals surface area contributed by atoms with E-state index in [4.69, 9.17) is 4.74 Å². The molecule has 1 aromatic heterocycles. The molecule has 1 fully saturated rings. The van der Waals surface area contributed by atoms with Gasteiger partial charge in [-0.15, -0.1) is 0 Å². The van der Waals surface area contributed by atoms with Gasteiger partial charge in [0.25, 0.3) is 0 Å². The van der Waals surface area contributed by atoms with Crippen LogP contribution in [0.15, 0.2) is 42.6 Å². The van der Waals surface area contributed by atoms with E-state index in [0.717, 1.165) is 17.9 Å². The maximum Gasteiger partial charge on any atom is 0.174 e. The summed E-state index contributed by atoms with van der Waals surface area (Å²) in [6.07, 6.45) is 2.13. The van der Waals surface area contributed by atoms with Gasteiger partial charge in [0, 0.05) is 30.8 Å². The molecule has 190 valence electrons. The second-order valence-electron chi connectivity index (χ2n) is 9.11. The number of hydrogen-bond donors (Lipinski definition) is 1. The fourth-order valence-electron chi connectivity index (χ4n) is 4.84. The Bertz CT molecular complexity index is 1270. The number of pyridine rings is 1. The first kappa shape index (κ1) is 25.9. The molecule has 1 N–H and O–H groups in total. The molecule has 1 saturated heterocycles. The van der Waals surface area contributed by atoms with Crippen molar-refractivity contribution >= 4 is 10.9 Å². The van der Waals surface area contributed by atoms with Crippen molar-refractivity contribution in [3.8, 4) is 17.6 Å². The van der Waals surface area contributed by atoms with Gasteiger partial charge < -0.3 is 9.84 Å². The Balaban J connectivity index is 1.35. The highest BCUT2D eigenvalue weighted by Gasteiger charge is 2.29. The maximum absolute atomic E-state index is 15.3. The van der Waals surface area contributed by atoms with E-state index in [1.54, 1.807) is 31.5 Å². The van der Waals surface area contributed by atoms with Crippen molar-refractivity contribution in [1.29, 1.82) is 0 Å². The zero-order chi connectivity index (χ0) is 25.7. The van der Waals surface area contributed by atoms with Crippen LogP contribution in [0.3, 0.4) is 0 Å². The van der Waals surface area contributed by atoms with Gasteiger partial charge in [0.15, 0.2) is 11.6 Å². The molecule has 4 nitrogen and oxygen atoms in total. The number of aromatic nitrogens is 1. The molecule has 3 atom stereocenters. The molecular formula is C28H28F4N2O2. The number of alkyl halides is 1. The Hall–Kier alpha value is -3.15. The quantitative estimate of drug-likeness (QED) is 0.267. The van der Waals surface area contributed by atoms with Crippen molar-refractivity contribution in [3.05, 3.63) is 71.2 Å². The number of piperidine rings is 1. The van der Waals surface area contributed by atoms with E-state index in [1.165, 1.54) is 0 Å². The molecule has 2 aromatic carbocycles. The minimum atomic E-state index is -1.27. The molecule has 1 aliphatic heterocycles. The summed E-state index contributed by atoms with van der Waals surface area (Å²) < 4.78 is 61.1. The first-order chi connectivity index (χ1) is 17.4. The summed E-state index contributed by atoms with van der Waals surface area (Å²) in [4.78, 5) is 6.32. The van der Waals surface area contributed by atoms with Gasteiger partial charge >= 0.3 is 0 Å². The SMILES string of the molecule is COc1ccc2nccc(C(F)CC[C@@H]3CCN(CC#Cc4cc(F)cc(F)c4F)C[C@@H]3CO)c2c1. The molecule has 4 rings (SSSR count). The predicted octanol–water partition coefficient (Wildman–Crippen LogP) is 5.43. The molecule has 0 aliphatic carbocycles. The molecule has 8 heteroatoms. The molecule has 36 heavy (non-hydrogen) atoms. The second kappa shape index (κ2) is 11.7. The molecular weight excluding hydrogens is 472 g/mol. The second-order valence-corrected chi connectivity index (χ2v) is 9.11. The molecule has 1 aliphatic rings. The van der Waals surface area contributed by atoms with Crippen LogP contribution in [0, 0.1) is 41.1 Å². The number of fused-ring (bicyclic) bond motifs is 1. The van der Waals surface area contributed by atoms with Gasteiger partial charge in [0.05, 0.1) is 24.7 Å². The van der Waals surface area contributed by atoms with E-state index in [1.807, 2.05) is 11.0 Å². The van der Waals surface area contributed by atoms with E-state index in [2.05, 4.69) is 16.8 Å². The summed E-state index contributed by atoms with van der Waals surface area (Å²) in [5, 5.41) is 10.7. The molecule has 0 spiro atoms. The van der Waals surface area contributed by atoms with Crippen molar-refractivity contribution in [2.75, 3.05) is 33.4 Å². The van der Waals surface area contributed by atoms with Gasteiger partial charge in [0.2, 0.25) is 0 Å². The molecule has 0 saturated carbocycles. The highest BCUT2D eigenvalue weighted by atomic mass is 19.2. The third-order valence-corrected chi connectivity index (χ3v) is 6.84. The third kappa shape index (κ3) is 5.97. The fraction of sp³-hybridized carbons (Fsp3) is 0.393. The van der Waals surface area contributed by atoms with Crippen LogP contribution in [0.2, 0.25) is 0 Å². The van der Waals surface area contributed by atoms with E-state index in [-0.39, 0.29) is 30.6 Å². The number of hydrogen-bond acceptors (Lipinski definition) is 4. The first-order valence-corrected chi connectivity index (χ1v) is 11.9. The van der Waals surface area contributed by atoms with Crippen molar-refractivity contribution in [1.82, 2.24) is 9.88 Å². The third-order valence-electron chi connectivity index (χ3n) is 6.84. The standard InChI is InChI=1S/C28H28F4N2O2/c1-36-22-5-7-27-24(15-22)23(8-10-33-27)25(30)6-4-18-9-12-34(16-20(18)17-35)11-2-3-19-13-21(29)14-26(31)28(19)32/h5,7-8,10,13-15,18,20,25,35H,4,6,9,11-12,16-17H2,1H3/t18-,20-,25?/m1/s1. The zero-order valence-electron chi connectivity index (χ0n) is 20.0. The van der Waals surface area contributed by atoms with Crippen molar-refractivity contribution < 1.29 is 27.4 Å². The number of rotatable bonds is 7. The average molecular weight is 501 g/mol. The van der Waals surface area contributed by atoms with E-state index in [9.17, 15) is 18.3 Å². The summed E-state index contributed by atoms with van der Waals surface area (Å²) >= 11 is 0. The van der Waals surface area contributed by atoms with Crippen molar-refractivity contribution in [3.63, 3.8) is 0 Å². The van der Waals surface area contributed by atoms with E-state index in [0.29, 0.717) is 48.8 Å². The Morgan fingerprint density at radius 2 is 2.00 bits per heavy atom. The van der Waals surface area contributed by atoms with Crippen LogP contribution in [0.5, 0.6) is 5.75 Å². The summed E-state index contributed by atoms with van der Waals surface area (Å²) in [7, 11) is 1.57. The first-order valence-electron chi connectivity index (χ1n) is 11.9. The lowest BCUT2D eigenvalue weighted by Crippen LogP contribution is -2.42. The number of aliphatic hydroxyl groups excluding tert-OH is 1. The van der Waals surface area contributed by atoms with Crippen molar-refractivity contribution in [2.45, 2.75) is 25.4 Å². The summed E-state index contributed by atoms with van der Waals surface area (Å²) in [6.45, 7) is 1.48.